The van der Waals surface area contributed by atoms with Crippen LogP contribution < -0.4 is 10.6 Å². The molecule has 2 heterocycles. The van der Waals surface area contributed by atoms with E-state index in [1.807, 2.05) is 0 Å². The zero-order chi connectivity index (χ0) is 9.26. The third-order valence-corrected chi connectivity index (χ3v) is 2.36. The molecule has 1 saturated heterocycles. The first-order valence-electron chi connectivity index (χ1n) is 4.04. The molecule has 0 atom stereocenters. The largest absolute Gasteiger partial charge is 0.362 e. The maximum atomic E-state index is 13.2. The van der Waals surface area contributed by atoms with Crippen molar-refractivity contribution in [2.75, 3.05) is 18.4 Å². The lowest BCUT2D eigenvalue weighted by Crippen LogP contribution is -2.51. The maximum Gasteiger partial charge on any atom is 0.166 e. The van der Waals surface area contributed by atoms with E-state index in [1.165, 1.54) is 6.07 Å². The number of halogens is 2. The van der Waals surface area contributed by atoms with Crippen LogP contribution in [-0.4, -0.2) is 24.1 Å². The maximum absolute atomic E-state index is 13.2. The summed E-state index contributed by atoms with van der Waals surface area (Å²) in [6.07, 6.45) is 1.58. The Kier molecular flexibility index (Phi) is 2.46. The highest BCUT2D eigenvalue weighted by atomic mass is 79.9. The molecule has 1 aromatic heterocycles. The van der Waals surface area contributed by atoms with Crippen molar-refractivity contribution in [2.24, 2.45) is 0 Å². The van der Waals surface area contributed by atoms with Crippen LogP contribution in [0.5, 0.6) is 0 Å². The fourth-order valence-corrected chi connectivity index (χ4v) is 1.41. The summed E-state index contributed by atoms with van der Waals surface area (Å²) < 4.78 is 13.9. The van der Waals surface area contributed by atoms with E-state index in [4.69, 9.17) is 0 Å². The Labute approximate surface area is 83.9 Å². The van der Waals surface area contributed by atoms with Crippen LogP contribution in [0.1, 0.15) is 0 Å². The van der Waals surface area contributed by atoms with E-state index in [0.29, 0.717) is 16.3 Å². The monoisotopic (exact) mass is 245 g/mol. The number of pyridine rings is 1. The van der Waals surface area contributed by atoms with Crippen LogP contribution in [0.2, 0.25) is 0 Å². The van der Waals surface area contributed by atoms with E-state index >= 15 is 0 Å². The van der Waals surface area contributed by atoms with Crippen molar-refractivity contribution in [3.05, 3.63) is 22.6 Å². The van der Waals surface area contributed by atoms with Crippen LogP contribution in [-0.2, 0) is 0 Å². The van der Waals surface area contributed by atoms with Crippen LogP contribution in [0, 0.1) is 5.82 Å². The zero-order valence-corrected chi connectivity index (χ0v) is 8.44. The highest BCUT2D eigenvalue weighted by Gasteiger charge is 2.18. The van der Waals surface area contributed by atoms with Crippen molar-refractivity contribution in [1.29, 1.82) is 0 Å². The Balaban J connectivity index is 2.10. The molecule has 1 aliphatic heterocycles. The second kappa shape index (κ2) is 3.59. The molecule has 0 aromatic carbocycles. The van der Waals surface area contributed by atoms with Crippen molar-refractivity contribution in [3.8, 4) is 0 Å². The third-order valence-electron chi connectivity index (χ3n) is 1.93. The predicted octanol–water partition coefficient (Wildman–Crippen LogP) is 1.37. The number of rotatable bonds is 2. The summed E-state index contributed by atoms with van der Waals surface area (Å²) in [6, 6.07) is 1.71. The van der Waals surface area contributed by atoms with Crippen molar-refractivity contribution in [3.63, 3.8) is 0 Å². The molecular weight excluding hydrogens is 237 g/mol. The van der Waals surface area contributed by atoms with Crippen molar-refractivity contribution < 1.29 is 4.39 Å². The van der Waals surface area contributed by atoms with Crippen molar-refractivity contribution in [1.82, 2.24) is 10.3 Å². The van der Waals surface area contributed by atoms with Crippen LogP contribution in [0.4, 0.5) is 10.2 Å². The number of nitrogens with one attached hydrogen (secondary N) is 2. The van der Waals surface area contributed by atoms with E-state index in [0.717, 1.165) is 13.1 Å². The van der Waals surface area contributed by atoms with E-state index in [1.54, 1.807) is 6.20 Å². The van der Waals surface area contributed by atoms with Crippen LogP contribution in [0.15, 0.2) is 16.7 Å². The van der Waals surface area contributed by atoms with Gasteiger partial charge in [0.15, 0.2) is 11.6 Å². The van der Waals surface area contributed by atoms with E-state index in [-0.39, 0.29) is 5.82 Å². The van der Waals surface area contributed by atoms with Crippen LogP contribution in [0.25, 0.3) is 0 Å². The molecular formula is C8H9BrFN3. The molecule has 2 rings (SSSR count). The standard InChI is InChI=1S/C8H9BrFN3/c9-5-1-7(10)8(12-2-5)13-6-3-11-4-6/h1-2,6,11H,3-4H2,(H,12,13). The summed E-state index contributed by atoms with van der Waals surface area (Å²) in [7, 11) is 0. The van der Waals surface area contributed by atoms with E-state index in [2.05, 4.69) is 31.5 Å². The molecule has 1 aliphatic rings. The fourth-order valence-electron chi connectivity index (χ4n) is 1.10. The Morgan fingerprint density at radius 3 is 2.92 bits per heavy atom. The second-order valence-electron chi connectivity index (χ2n) is 2.98. The second-order valence-corrected chi connectivity index (χ2v) is 3.90. The quantitative estimate of drug-likeness (QED) is 0.827. The summed E-state index contributed by atoms with van der Waals surface area (Å²) in [5.74, 6) is 0.0102. The van der Waals surface area contributed by atoms with Gasteiger partial charge in [-0.1, -0.05) is 0 Å². The first-order chi connectivity index (χ1) is 6.25. The van der Waals surface area contributed by atoms with Gasteiger partial charge in [-0.3, -0.25) is 0 Å². The number of anilines is 1. The molecule has 0 saturated carbocycles. The molecule has 70 valence electrons. The predicted molar refractivity (Wildman–Crippen MR) is 52.2 cm³/mol. The highest BCUT2D eigenvalue weighted by molar-refractivity contribution is 9.10. The molecule has 0 amide bonds. The lowest BCUT2D eigenvalue weighted by molar-refractivity contribution is 0.467. The summed E-state index contributed by atoms with van der Waals surface area (Å²) in [5.41, 5.74) is 0. The molecule has 1 fully saturated rings. The minimum Gasteiger partial charge on any atom is -0.362 e. The summed E-state index contributed by atoms with van der Waals surface area (Å²) in [4.78, 5) is 3.94. The molecule has 5 heteroatoms. The minimum absolute atomic E-state index is 0.308. The Morgan fingerprint density at radius 1 is 1.62 bits per heavy atom. The fraction of sp³-hybridized carbons (Fsp3) is 0.375. The van der Waals surface area contributed by atoms with Crippen LogP contribution in [0.3, 0.4) is 0 Å². The van der Waals surface area contributed by atoms with Gasteiger partial charge in [-0.2, -0.15) is 0 Å². The topological polar surface area (TPSA) is 37.0 Å². The van der Waals surface area contributed by atoms with Gasteiger partial charge >= 0.3 is 0 Å². The first-order valence-corrected chi connectivity index (χ1v) is 4.83. The van der Waals surface area contributed by atoms with Gasteiger partial charge in [0.05, 0.1) is 6.04 Å². The van der Waals surface area contributed by atoms with Crippen molar-refractivity contribution in [2.45, 2.75) is 6.04 Å². The first kappa shape index (κ1) is 8.90. The molecule has 0 radical (unpaired) electrons. The smallest absolute Gasteiger partial charge is 0.166 e. The Hall–Kier alpha value is -0.680. The zero-order valence-electron chi connectivity index (χ0n) is 6.85. The minimum atomic E-state index is -0.318. The van der Waals surface area contributed by atoms with Gasteiger partial charge in [-0.05, 0) is 22.0 Å². The number of hydrogen-bond acceptors (Lipinski definition) is 3. The van der Waals surface area contributed by atoms with Gasteiger partial charge in [0.2, 0.25) is 0 Å². The molecule has 0 bridgehead atoms. The lowest BCUT2D eigenvalue weighted by Gasteiger charge is -2.28. The van der Waals surface area contributed by atoms with Gasteiger partial charge < -0.3 is 10.6 Å². The summed E-state index contributed by atoms with van der Waals surface area (Å²) in [5, 5.41) is 6.09. The average Bonchev–Trinajstić information content (AvgIpc) is 1.99. The number of aromatic nitrogens is 1. The number of nitrogens with zero attached hydrogens (tertiary/aromatic N) is 1. The molecule has 1 aromatic rings. The number of hydrogen-bond donors (Lipinski definition) is 2. The van der Waals surface area contributed by atoms with Crippen LogP contribution >= 0.6 is 15.9 Å². The molecule has 13 heavy (non-hydrogen) atoms. The van der Waals surface area contributed by atoms with E-state index < -0.39 is 0 Å². The summed E-state index contributed by atoms with van der Waals surface area (Å²) in [6.45, 7) is 1.74. The molecule has 0 aliphatic carbocycles. The van der Waals surface area contributed by atoms with Gasteiger partial charge in [0.1, 0.15) is 0 Å². The third kappa shape index (κ3) is 1.97. The van der Waals surface area contributed by atoms with Gasteiger partial charge in [0.25, 0.3) is 0 Å². The SMILES string of the molecule is Fc1cc(Br)cnc1NC1CNC1. The Morgan fingerprint density at radius 2 is 2.38 bits per heavy atom. The Bertz CT molecular complexity index is 314. The van der Waals surface area contributed by atoms with Gasteiger partial charge in [0, 0.05) is 23.8 Å². The molecule has 3 nitrogen and oxygen atoms in total. The van der Waals surface area contributed by atoms with E-state index in [9.17, 15) is 4.39 Å². The normalized spacial score (nSPS) is 16.8. The molecule has 2 N–H and O–H groups in total. The van der Waals surface area contributed by atoms with Crippen molar-refractivity contribution >= 4 is 21.7 Å². The molecule has 0 spiro atoms. The summed E-state index contributed by atoms with van der Waals surface area (Å²) >= 11 is 3.15. The van der Waals surface area contributed by atoms with Gasteiger partial charge in [-0.25, -0.2) is 9.37 Å². The lowest BCUT2D eigenvalue weighted by atomic mass is 10.2. The average molecular weight is 246 g/mol. The highest BCUT2D eigenvalue weighted by Crippen LogP contribution is 2.17. The van der Waals surface area contributed by atoms with Gasteiger partial charge in [-0.15, -0.1) is 0 Å². The molecule has 0 unspecified atom stereocenters.